The number of hydrogen-bond acceptors (Lipinski definition) is 2. The van der Waals surface area contributed by atoms with E-state index in [0.29, 0.717) is 0 Å². The lowest BCUT2D eigenvalue weighted by Crippen LogP contribution is -2.20. The Balaban J connectivity index is 2.46. The summed E-state index contributed by atoms with van der Waals surface area (Å²) in [6.07, 6.45) is -14.9. The number of rotatable bonds is 3. The second kappa shape index (κ2) is 6.95. The molecule has 0 radical (unpaired) electrons. The molecule has 2 rings (SSSR count). The normalized spacial score (nSPS) is 14.1. The lowest BCUT2D eigenvalue weighted by atomic mass is 9.93. The number of benzene rings is 2. The van der Waals surface area contributed by atoms with E-state index in [2.05, 4.69) is 4.74 Å². The number of hydrogen-bond donors (Lipinski definition) is 1. The Morgan fingerprint density at radius 1 is 0.741 bits per heavy atom. The van der Waals surface area contributed by atoms with Crippen molar-refractivity contribution in [2.24, 2.45) is 5.73 Å². The van der Waals surface area contributed by atoms with Crippen LogP contribution in [0, 0.1) is 0 Å². The molecule has 0 amide bonds. The van der Waals surface area contributed by atoms with Crippen LogP contribution in [-0.2, 0) is 12.4 Å². The summed E-state index contributed by atoms with van der Waals surface area (Å²) in [5, 5.41) is 0. The highest BCUT2D eigenvalue weighted by molar-refractivity contribution is 5.43. The van der Waals surface area contributed by atoms with Crippen LogP contribution in [0.15, 0.2) is 42.5 Å². The van der Waals surface area contributed by atoms with Crippen LogP contribution in [0.4, 0.5) is 39.5 Å². The number of alkyl halides is 9. The summed E-state index contributed by atoms with van der Waals surface area (Å²) in [6, 6.07) is 2.61. The first-order valence-corrected chi connectivity index (χ1v) is 7.08. The Morgan fingerprint density at radius 2 is 1.30 bits per heavy atom. The summed E-state index contributed by atoms with van der Waals surface area (Å²) >= 11 is 0. The summed E-state index contributed by atoms with van der Waals surface area (Å²) in [5.74, 6) is -0.654. The third-order valence-electron chi connectivity index (χ3n) is 3.49. The van der Waals surface area contributed by atoms with Crippen molar-refractivity contribution in [1.29, 1.82) is 0 Å². The smallest absolute Gasteiger partial charge is 0.406 e. The summed E-state index contributed by atoms with van der Waals surface area (Å²) in [5.41, 5.74) is 1.97. The molecule has 0 unspecified atom stereocenters. The largest absolute Gasteiger partial charge is 0.573 e. The van der Waals surface area contributed by atoms with Gasteiger partial charge in [-0.25, -0.2) is 0 Å². The fourth-order valence-corrected chi connectivity index (χ4v) is 2.31. The lowest BCUT2D eigenvalue weighted by Gasteiger charge is -2.21. The molecule has 11 heteroatoms. The third kappa shape index (κ3) is 5.28. The van der Waals surface area contributed by atoms with Gasteiger partial charge in [-0.1, -0.05) is 12.1 Å². The molecule has 0 fully saturated rings. The fourth-order valence-electron chi connectivity index (χ4n) is 2.31. The van der Waals surface area contributed by atoms with E-state index in [0.717, 1.165) is 24.3 Å². The summed E-state index contributed by atoms with van der Waals surface area (Å²) in [4.78, 5) is 0. The van der Waals surface area contributed by atoms with Crippen LogP contribution < -0.4 is 10.5 Å². The van der Waals surface area contributed by atoms with Gasteiger partial charge in [0.2, 0.25) is 0 Å². The van der Waals surface area contributed by atoms with E-state index in [1.807, 2.05) is 0 Å². The van der Waals surface area contributed by atoms with Gasteiger partial charge in [-0.05, 0) is 41.5 Å². The molecule has 0 aliphatic rings. The quantitative estimate of drug-likeness (QED) is 0.671. The molecule has 0 bridgehead atoms. The molecular formula is C16H10F9NO. The molecule has 2 N–H and O–H groups in total. The minimum absolute atomic E-state index is 0.130. The Labute approximate surface area is 146 Å². The molecule has 0 saturated carbocycles. The number of nitrogens with two attached hydrogens (primary N) is 1. The van der Waals surface area contributed by atoms with Crippen molar-refractivity contribution in [3.05, 3.63) is 64.7 Å². The van der Waals surface area contributed by atoms with E-state index in [4.69, 9.17) is 5.73 Å². The van der Waals surface area contributed by atoms with Crippen LogP contribution in [-0.4, -0.2) is 6.36 Å². The molecule has 148 valence electrons. The summed E-state index contributed by atoms with van der Waals surface area (Å²) in [7, 11) is 0. The van der Waals surface area contributed by atoms with Crippen molar-refractivity contribution in [3.8, 4) is 5.75 Å². The van der Waals surface area contributed by atoms with E-state index >= 15 is 0 Å². The maximum atomic E-state index is 13.1. The predicted octanol–water partition coefficient (Wildman–Crippen LogP) is 5.67. The van der Waals surface area contributed by atoms with E-state index in [9.17, 15) is 39.5 Å². The van der Waals surface area contributed by atoms with Gasteiger partial charge in [-0.2, -0.15) is 26.3 Å². The average molecular weight is 403 g/mol. The molecule has 0 aromatic heterocycles. The van der Waals surface area contributed by atoms with Gasteiger partial charge in [0.15, 0.2) is 0 Å². The second-order valence-corrected chi connectivity index (χ2v) is 5.39. The zero-order valence-corrected chi connectivity index (χ0v) is 13.0. The summed E-state index contributed by atoms with van der Waals surface area (Å²) in [6.45, 7) is 0. The first kappa shape index (κ1) is 20.9. The molecule has 0 saturated heterocycles. The van der Waals surface area contributed by atoms with Gasteiger partial charge in [0.1, 0.15) is 5.75 Å². The highest BCUT2D eigenvalue weighted by Gasteiger charge is 2.38. The maximum absolute atomic E-state index is 13.1. The van der Waals surface area contributed by atoms with E-state index in [1.165, 1.54) is 0 Å². The Morgan fingerprint density at radius 3 is 1.74 bits per heavy atom. The van der Waals surface area contributed by atoms with Crippen molar-refractivity contribution in [2.75, 3.05) is 0 Å². The van der Waals surface area contributed by atoms with E-state index in [-0.39, 0.29) is 23.8 Å². The number of ether oxygens (including phenoxy) is 1. The molecule has 2 aromatic rings. The highest BCUT2D eigenvalue weighted by atomic mass is 19.4. The zero-order chi connectivity index (χ0) is 20.6. The van der Waals surface area contributed by atoms with Crippen LogP contribution >= 0.6 is 0 Å². The molecular weight excluding hydrogens is 393 g/mol. The average Bonchev–Trinajstić information content (AvgIpc) is 2.51. The van der Waals surface area contributed by atoms with Gasteiger partial charge in [0.05, 0.1) is 17.2 Å². The van der Waals surface area contributed by atoms with E-state index < -0.39 is 47.2 Å². The Hall–Kier alpha value is -2.43. The fraction of sp³-hybridized carbons (Fsp3) is 0.250. The molecule has 27 heavy (non-hydrogen) atoms. The van der Waals surface area contributed by atoms with Gasteiger partial charge in [0.25, 0.3) is 0 Å². The molecule has 2 aromatic carbocycles. The third-order valence-corrected chi connectivity index (χ3v) is 3.49. The van der Waals surface area contributed by atoms with Crippen LogP contribution in [0.1, 0.15) is 28.3 Å². The van der Waals surface area contributed by atoms with E-state index in [1.54, 1.807) is 0 Å². The van der Waals surface area contributed by atoms with Crippen LogP contribution in [0.5, 0.6) is 5.75 Å². The van der Waals surface area contributed by atoms with Crippen LogP contribution in [0.25, 0.3) is 0 Å². The van der Waals surface area contributed by atoms with Crippen molar-refractivity contribution < 1.29 is 44.3 Å². The van der Waals surface area contributed by atoms with Crippen molar-refractivity contribution in [2.45, 2.75) is 24.8 Å². The van der Waals surface area contributed by atoms with Crippen LogP contribution in [0.3, 0.4) is 0 Å². The first-order valence-electron chi connectivity index (χ1n) is 7.08. The molecule has 2 nitrogen and oxygen atoms in total. The van der Waals surface area contributed by atoms with Crippen molar-refractivity contribution in [1.82, 2.24) is 0 Å². The predicted molar refractivity (Wildman–Crippen MR) is 75.6 cm³/mol. The Bertz CT molecular complexity index is 792. The lowest BCUT2D eigenvalue weighted by molar-refractivity contribution is -0.274. The first-order chi connectivity index (χ1) is 12.2. The molecule has 0 aliphatic heterocycles. The minimum Gasteiger partial charge on any atom is -0.406 e. The van der Waals surface area contributed by atoms with Crippen molar-refractivity contribution >= 4 is 0 Å². The molecule has 0 aliphatic carbocycles. The Kier molecular flexibility index (Phi) is 5.37. The standard InChI is InChI=1S/C16H10F9NO/c17-14(18,19)9-3-6-12(15(20,21)22)11(7-9)13(26)8-1-4-10(5-2-8)27-16(23,24)25/h1-7,13H,26H2/t13-/m1/s1. The number of halogens is 9. The zero-order valence-electron chi connectivity index (χ0n) is 13.0. The van der Waals surface area contributed by atoms with Gasteiger partial charge in [-0.3, -0.25) is 0 Å². The summed E-state index contributed by atoms with van der Waals surface area (Å²) < 4.78 is 118. The van der Waals surface area contributed by atoms with Gasteiger partial charge >= 0.3 is 18.7 Å². The molecule has 0 spiro atoms. The van der Waals surface area contributed by atoms with Gasteiger partial charge < -0.3 is 10.5 Å². The van der Waals surface area contributed by atoms with Crippen LogP contribution in [0.2, 0.25) is 0 Å². The minimum atomic E-state index is -4.98. The molecule has 1 atom stereocenters. The molecule has 0 heterocycles. The topological polar surface area (TPSA) is 35.2 Å². The maximum Gasteiger partial charge on any atom is 0.573 e. The highest BCUT2D eigenvalue weighted by Crippen LogP contribution is 2.39. The monoisotopic (exact) mass is 403 g/mol. The SMILES string of the molecule is N[C@H](c1ccc(OC(F)(F)F)cc1)c1cc(C(F)(F)F)ccc1C(F)(F)F. The van der Waals surface area contributed by atoms with Crippen molar-refractivity contribution in [3.63, 3.8) is 0 Å². The van der Waals surface area contributed by atoms with Gasteiger partial charge in [-0.15, -0.1) is 13.2 Å². The second-order valence-electron chi connectivity index (χ2n) is 5.39. The van der Waals surface area contributed by atoms with Gasteiger partial charge in [0, 0.05) is 0 Å².